The largest absolute Gasteiger partial charge is 0.306 e. The molecule has 3 heteroatoms. The van der Waals surface area contributed by atoms with Crippen molar-refractivity contribution in [2.24, 2.45) is 0 Å². The fraction of sp³-hybridized carbons (Fsp3) is 0. The second-order valence-electron chi connectivity index (χ2n) is 3.62. The second kappa shape index (κ2) is 3.45. The lowest BCUT2D eigenvalue weighted by molar-refractivity contribution is 0.628. The van der Waals surface area contributed by atoms with Crippen LogP contribution in [0.15, 0.2) is 55.0 Å². The van der Waals surface area contributed by atoms with Crippen molar-refractivity contribution < 1.29 is 4.39 Å². The number of pyridine rings is 1. The van der Waals surface area contributed by atoms with Gasteiger partial charge in [-0.3, -0.25) is 0 Å². The Morgan fingerprint density at radius 1 is 1.06 bits per heavy atom. The van der Waals surface area contributed by atoms with E-state index in [0.29, 0.717) is 0 Å². The van der Waals surface area contributed by atoms with Gasteiger partial charge in [0.2, 0.25) is 0 Å². The number of nitrogens with zero attached hydrogens (tertiary/aromatic N) is 2. The Labute approximate surface area is 92.0 Å². The highest BCUT2D eigenvalue weighted by Gasteiger charge is 2.00. The number of aromatic nitrogens is 2. The summed E-state index contributed by atoms with van der Waals surface area (Å²) in [7, 11) is 0. The number of hydrogen-bond donors (Lipinski definition) is 0. The Balaban J connectivity index is 2.18. The summed E-state index contributed by atoms with van der Waals surface area (Å²) in [5, 5.41) is 0. The monoisotopic (exact) mass is 212 g/mol. The van der Waals surface area contributed by atoms with Gasteiger partial charge in [0.25, 0.3) is 0 Å². The van der Waals surface area contributed by atoms with Crippen LogP contribution in [0, 0.1) is 5.82 Å². The maximum Gasteiger partial charge on any atom is 0.136 e. The minimum absolute atomic E-state index is 0.219. The van der Waals surface area contributed by atoms with Gasteiger partial charge in [-0.2, -0.15) is 0 Å². The summed E-state index contributed by atoms with van der Waals surface area (Å²) < 4.78 is 15.0. The highest BCUT2D eigenvalue weighted by Crippen LogP contribution is 2.20. The summed E-state index contributed by atoms with van der Waals surface area (Å²) in [6.07, 6.45) is 5.56. The van der Waals surface area contributed by atoms with E-state index in [9.17, 15) is 4.39 Å². The van der Waals surface area contributed by atoms with E-state index >= 15 is 0 Å². The van der Waals surface area contributed by atoms with E-state index in [2.05, 4.69) is 4.98 Å². The Morgan fingerprint density at radius 2 is 2.00 bits per heavy atom. The molecule has 0 spiro atoms. The van der Waals surface area contributed by atoms with E-state index in [1.165, 1.54) is 12.1 Å². The van der Waals surface area contributed by atoms with Crippen LogP contribution >= 0.6 is 0 Å². The molecule has 2 heterocycles. The highest BCUT2D eigenvalue weighted by atomic mass is 19.1. The molecule has 0 saturated carbocycles. The molecule has 3 aromatic rings. The van der Waals surface area contributed by atoms with Gasteiger partial charge in [-0.05, 0) is 35.4 Å². The van der Waals surface area contributed by atoms with E-state index in [1.54, 1.807) is 12.3 Å². The second-order valence-corrected chi connectivity index (χ2v) is 3.62. The summed E-state index contributed by atoms with van der Waals surface area (Å²) in [5.74, 6) is -0.219. The molecule has 2 nitrogen and oxygen atoms in total. The zero-order valence-electron chi connectivity index (χ0n) is 8.47. The molecule has 0 unspecified atom stereocenters. The predicted octanol–water partition coefficient (Wildman–Crippen LogP) is 3.14. The van der Waals surface area contributed by atoms with Crippen molar-refractivity contribution in [3.05, 3.63) is 60.8 Å². The van der Waals surface area contributed by atoms with Crippen LogP contribution in [0.1, 0.15) is 0 Å². The zero-order valence-corrected chi connectivity index (χ0v) is 8.47. The molecule has 1 aromatic carbocycles. The predicted molar refractivity (Wildman–Crippen MR) is 60.6 cm³/mol. The van der Waals surface area contributed by atoms with Crippen molar-refractivity contribution in [3.63, 3.8) is 0 Å². The Morgan fingerprint density at radius 3 is 2.88 bits per heavy atom. The molecule has 0 aliphatic heterocycles. The fourth-order valence-corrected chi connectivity index (χ4v) is 1.76. The lowest BCUT2D eigenvalue weighted by atomic mass is 10.1. The van der Waals surface area contributed by atoms with Crippen LogP contribution in [-0.4, -0.2) is 9.38 Å². The highest BCUT2D eigenvalue weighted by molar-refractivity contribution is 5.64. The SMILES string of the molecule is Fc1cccc(-c2ccc3nccn3c2)c1. The quantitative estimate of drug-likeness (QED) is 0.605. The number of hydrogen-bond acceptors (Lipinski definition) is 1. The molecule has 78 valence electrons. The molecule has 16 heavy (non-hydrogen) atoms. The first-order chi connectivity index (χ1) is 7.83. The van der Waals surface area contributed by atoms with Gasteiger partial charge in [-0.1, -0.05) is 12.1 Å². The minimum Gasteiger partial charge on any atom is -0.306 e. The first-order valence-electron chi connectivity index (χ1n) is 5.01. The van der Waals surface area contributed by atoms with Crippen LogP contribution in [0.2, 0.25) is 0 Å². The van der Waals surface area contributed by atoms with Gasteiger partial charge in [-0.15, -0.1) is 0 Å². The molecule has 0 aliphatic rings. The van der Waals surface area contributed by atoms with Gasteiger partial charge in [0.15, 0.2) is 0 Å². The number of imidazole rings is 1. The van der Waals surface area contributed by atoms with Crippen molar-refractivity contribution in [3.8, 4) is 11.1 Å². The zero-order chi connectivity index (χ0) is 11.0. The summed E-state index contributed by atoms with van der Waals surface area (Å²) >= 11 is 0. The first kappa shape index (κ1) is 9.09. The van der Waals surface area contributed by atoms with E-state index in [-0.39, 0.29) is 5.82 Å². The molecule has 0 fully saturated rings. The Bertz CT molecular complexity index is 643. The minimum atomic E-state index is -0.219. The number of halogens is 1. The average molecular weight is 212 g/mol. The maximum absolute atomic E-state index is 13.1. The summed E-state index contributed by atoms with van der Waals surface area (Å²) in [6, 6.07) is 10.4. The van der Waals surface area contributed by atoms with Crippen LogP contribution in [0.25, 0.3) is 16.8 Å². The lowest BCUT2D eigenvalue weighted by Gasteiger charge is -2.02. The maximum atomic E-state index is 13.1. The van der Waals surface area contributed by atoms with Crippen molar-refractivity contribution in [1.29, 1.82) is 0 Å². The Hall–Kier alpha value is -2.16. The number of benzene rings is 1. The van der Waals surface area contributed by atoms with Crippen molar-refractivity contribution in [1.82, 2.24) is 9.38 Å². The van der Waals surface area contributed by atoms with Gasteiger partial charge >= 0.3 is 0 Å². The fourth-order valence-electron chi connectivity index (χ4n) is 1.76. The third-order valence-electron chi connectivity index (χ3n) is 2.55. The van der Waals surface area contributed by atoms with Gasteiger partial charge in [0, 0.05) is 18.6 Å². The molecular formula is C13H9FN2. The van der Waals surface area contributed by atoms with Gasteiger partial charge in [0.1, 0.15) is 11.5 Å². The smallest absolute Gasteiger partial charge is 0.136 e. The van der Waals surface area contributed by atoms with Gasteiger partial charge in [0.05, 0.1) is 0 Å². The van der Waals surface area contributed by atoms with Crippen LogP contribution in [0.4, 0.5) is 4.39 Å². The third kappa shape index (κ3) is 1.46. The normalized spacial score (nSPS) is 10.8. The molecular weight excluding hydrogens is 203 g/mol. The standard InChI is InChI=1S/C13H9FN2/c14-12-3-1-2-10(8-12)11-4-5-13-15-6-7-16(13)9-11/h1-9H. The van der Waals surface area contributed by atoms with Gasteiger partial charge < -0.3 is 4.40 Å². The van der Waals surface area contributed by atoms with E-state index in [1.807, 2.05) is 35.0 Å². The third-order valence-corrected chi connectivity index (χ3v) is 2.55. The van der Waals surface area contributed by atoms with Crippen molar-refractivity contribution in [2.45, 2.75) is 0 Å². The van der Waals surface area contributed by atoms with Crippen molar-refractivity contribution in [2.75, 3.05) is 0 Å². The molecule has 0 saturated heterocycles. The van der Waals surface area contributed by atoms with Crippen LogP contribution in [0.3, 0.4) is 0 Å². The van der Waals surface area contributed by atoms with Crippen LogP contribution < -0.4 is 0 Å². The lowest BCUT2D eigenvalue weighted by Crippen LogP contribution is -1.86. The molecule has 0 amide bonds. The topological polar surface area (TPSA) is 17.3 Å². The van der Waals surface area contributed by atoms with Crippen molar-refractivity contribution >= 4 is 5.65 Å². The molecule has 2 aromatic heterocycles. The van der Waals surface area contributed by atoms with Crippen LogP contribution in [-0.2, 0) is 0 Å². The van der Waals surface area contributed by atoms with E-state index in [0.717, 1.165) is 16.8 Å². The molecule has 0 aliphatic carbocycles. The number of fused-ring (bicyclic) bond motifs is 1. The number of rotatable bonds is 1. The molecule has 0 N–H and O–H groups in total. The first-order valence-corrected chi connectivity index (χ1v) is 5.01. The molecule has 0 atom stereocenters. The summed E-state index contributed by atoms with van der Waals surface area (Å²) in [4.78, 5) is 4.16. The summed E-state index contributed by atoms with van der Waals surface area (Å²) in [6.45, 7) is 0. The average Bonchev–Trinajstić information content (AvgIpc) is 2.75. The molecule has 3 rings (SSSR count). The van der Waals surface area contributed by atoms with E-state index < -0.39 is 0 Å². The Kier molecular flexibility index (Phi) is 1.96. The summed E-state index contributed by atoms with van der Waals surface area (Å²) in [5.41, 5.74) is 2.74. The molecule has 0 radical (unpaired) electrons. The van der Waals surface area contributed by atoms with Crippen LogP contribution in [0.5, 0.6) is 0 Å². The van der Waals surface area contributed by atoms with E-state index in [4.69, 9.17) is 0 Å². The molecule has 0 bridgehead atoms. The van der Waals surface area contributed by atoms with Gasteiger partial charge in [-0.25, -0.2) is 9.37 Å².